The predicted octanol–water partition coefficient (Wildman–Crippen LogP) is 4.58. The molecule has 0 aliphatic carbocycles. The van der Waals surface area contributed by atoms with Gasteiger partial charge in [-0.25, -0.2) is 8.42 Å². The van der Waals surface area contributed by atoms with Crippen molar-refractivity contribution in [1.29, 1.82) is 0 Å². The van der Waals surface area contributed by atoms with Gasteiger partial charge in [0.15, 0.2) is 0 Å². The van der Waals surface area contributed by atoms with Gasteiger partial charge in [0.25, 0.3) is 0 Å². The number of rotatable bonds is 5. The van der Waals surface area contributed by atoms with Crippen LogP contribution in [0.5, 0.6) is 0 Å². The van der Waals surface area contributed by atoms with Crippen LogP contribution in [0.15, 0.2) is 77.7 Å². The van der Waals surface area contributed by atoms with Crippen LogP contribution in [0.2, 0.25) is 0 Å². The second kappa shape index (κ2) is 9.86. The quantitative estimate of drug-likeness (QED) is 0.569. The zero-order valence-corrected chi connectivity index (χ0v) is 21.3. The molecule has 3 aromatic carbocycles. The van der Waals surface area contributed by atoms with E-state index in [9.17, 15) is 13.5 Å². The number of nitrogens with zero attached hydrogens (tertiary/aromatic N) is 2. The Labute approximate surface area is 209 Å². The lowest BCUT2D eigenvalue weighted by Gasteiger charge is -2.57. The second-order valence-corrected chi connectivity index (χ2v) is 11.9. The van der Waals surface area contributed by atoms with Crippen molar-refractivity contribution in [2.75, 3.05) is 26.2 Å². The highest BCUT2D eigenvalue weighted by molar-refractivity contribution is 7.89. The van der Waals surface area contributed by atoms with Gasteiger partial charge in [-0.2, -0.15) is 4.31 Å². The summed E-state index contributed by atoms with van der Waals surface area (Å²) in [4.78, 5) is 2.68. The van der Waals surface area contributed by atoms with Crippen molar-refractivity contribution < 1.29 is 13.5 Å². The molecule has 0 radical (unpaired) electrons. The lowest BCUT2D eigenvalue weighted by Crippen LogP contribution is -2.67. The zero-order chi connectivity index (χ0) is 24.6. The van der Waals surface area contributed by atoms with Gasteiger partial charge < -0.3 is 5.11 Å². The topological polar surface area (TPSA) is 60.9 Å². The average molecular weight is 491 g/mol. The summed E-state index contributed by atoms with van der Waals surface area (Å²) in [6.07, 6.45) is 1.74. The Hall–Kier alpha value is -2.51. The number of aryl methyl sites for hydroxylation is 2. The van der Waals surface area contributed by atoms with Gasteiger partial charge in [-0.3, -0.25) is 4.90 Å². The van der Waals surface area contributed by atoms with Crippen molar-refractivity contribution in [3.05, 3.63) is 89.5 Å². The summed E-state index contributed by atoms with van der Waals surface area (Å²) >= 11 is 0. The normalized spacial score (nSPS) is 23.7. The highest BCUT2D eigenvalue weighted by Gasteiger charge is 2.50. The Morgan fingerprint density at radius 2 is 1.51 bits per heavy atom. The Morgan fingerprint density at radius 1 is 0.857 bits per heavy atom. The maximum atomic E-state index is 13.6. The number of fused-ring (bicyclic) bond motifs is 1. The summed E-state index contributed by atoms with van der Waals surface area (Å²) in [6, 6.07) is 24.3. The third-order valence-electron chi connectivity index (χ3n) is 7.64. The summed E-state index contributed by atoms with van der Waals surface area (Å²) in [6.45, 7) is 5.95. The lowest BCUT2D eigenvalue weighted by atomic mass is 9.74. The molecule has 3 aromatic rings. The van der Waals surface area contributed by atoms with Crippen LogP contribution in [0, 0.1) is 13.8 Å². The first-order valence-electron chi connectivity index (χ1n) is 12.5. The van der Waals surface area contributed by atoms with E-state index in [1.807, 2.05) is 19.1 Å². The monoisotopic (exact) mass is 490 g/mol. The van der Waals surface area contributed by atoms with E-state index in [4.69, 9.17) is 0 Å². The smallest absolute Gasteiger partial charge is 0.243 e. The van der Waals surface area contributed by atoms with Gasteiger partial charge in [-0.15, -0.1) is 0 Å². The number of benzene rings is 3. The van der Waals surface area contributed by atoms with E-state index in [-0.39, 0.29) is 24.6 Å². The van der Waals surface area contributed by atoms with Gasteiger partial charge >= 0.3 is 0 Å². The fourth-order valence-corrected chi connectivity index (χ4v) is 7.30. The number of hydrogen-bond acceptors (Lipinski definition) is 4. The van der Waals surface area contributed by atoms with Gasteiger partial charge in [0.2, 0.25) is 10.0 Å². The van der Waals surface area contributed by atoms with Crippen LogP contribution in [0.25, 0.3) is 11.1 Å². The molecule has 1 N–H and O–H groups in total. The first-order chi connectivity index (χ1) is 16.9. The molecule has 2 heterocycles. The van der Waals surface area contributed by atoms with Gasteiger partial charge in [0, 0.05) is 31.1 Å². The molecule has 0 aromatic heterocycles. The van der Waals surface area contributed by atoms with E-state index in [0.29, 0.717) is 18.0 Å². The van der Waals surface area contributed by atoms with Crippen molar-refractivity contribution in [2.24, 2.45) is 0 Å². The summed E-state index contributed by atoms with van der Waals surface area (Å²) < 4.78 is 28.8. The average Bonchev–Trinajstić information content (AvgIpc) is 2.84. The third-order valence-corrected chi connectivity index (χ3v) is 9.50. The molecular formula is C29H34N2O3S. The van der Waals surface area contributed by atoms with E-state index in [1.165, 1.54) is 11.1 Å². The SMILES string of the molecule is Cc1ccc(-c2ccc([C@H]3[C@@H](CO)N4CCCCN(S(=O)(=O)c5cccc(C)c5)C[C@@H]34)cc2)cc1. The standard InChI is InChI=1S/C29H34N2O3S/c1-21-8-10-23(11-9-21)24-12-14-25(15-13-24)29-27-19-30(16-3-4-17-31(27)28(29)20-32)35(33,34)26-7-5-6-22(2)18-26/h5-15,18,27-29,32H,3-4,16-17,19-20H2,1-2H3/t27-,28+,29+/m0/s1. The van der Waals surface area contributed by atoms with Gasteiger partial charge in [0.1, 0.15) is 0 Å². The number of hydrogen-bond donors (Lipinski definition) is 1. The van der Waals surface area contributed by atoms with E-state index >= 15 is 0 Å². The van der Waals surface area contributed by atoms with E-state index in [2.05, 4.69) is 60.4 Å². The number of aliphatic hydroxyl groups is 1. The minimum atomic E-state index is -3.58. The maximum absolute atomic E-state index is 13.6. The van der Waals surface area contributed by atoms with Crippen molar-refractivity contribution in [3.63, 3.8) is 0 Å². The first kappa shape index (κ1) is 24.2. The molecule has 0 amide bonds. The Balaban J connectivity index is 1.42. The molecule has 0 saturated carbocycles. The first-order valence-corrected chi connectivity index (χ1v) is 13.9. The van der Waals surface area contributed by atoms with Gasteiger partial charge in [-0.05, 0) is 67.6 Å². The molecular weight excluding hydrogens is 456 g/mol. The maximum Gasteiger partial charge on any atom is 0.243 e. The second-order valence-electron chi connectivity index (χ2n) is 9.96. The Kier molecular flexibility index (Phi) is 6.82. The third kappa shape index (κ3) is 4.68. The summed E-state index contributed by atoms with van der Waals surface area (Å²) in [5.41, 5.74) is 5.68. The molecule has 2 aliphatic rings. The van der Waals surface area contributed by atoms with Crippen LogP contribution in [0.3, 0.4) is 0 Å². The minimum Gasteiger partial charge on any atom is -0.395 e. The molecule has 5 rings (SSSR count). The molecule has 5 nitrogen and oxygen atoms in total. The van der Waals surface area contributed by atoms with Crippen LogP contribution < -0.4 is 0 Å². The Morgan fingerprint density at radius 3 is 2.17 bits per heavy atom. The molecule has 35 heavy (non-hydrogen) atoms. The molecule has 6 heteroatoms. The number of sulfonamides is 1. The summed E-state index contributed by atoms with van der Waals surface area (Å²) in [5.74, 6) is 0.0976. The van der Waals surface area contributed by atoms with E-state index < -0.39 is 10.0 Å². The lowest BCUT2D eigenvalue weighted by molar-refractivity contribution is -0.0553. The molecule has 3 atom stereocenters. The molecule has 0 bridgehead atoms. The van der Waals surface area contributed by atoms with Crippen molar-refractivity contribution >= 4 is 10.0 Å². The molecule has 0 unspecified atom stereocenters. The molecule has 2 fully saturated rings. The molecule has 184 valence electrons. The van der Waals surface area contributed by atoms with Crippen molar-refractivity contribution in [3.8, 4) is 11.1 Å². The fraction of sp³-hybridized carbons (Fsp3) is 0.379. The highest BCUT2D eigenvalue weighted by atomic mass is 32.2. The van der Waals surface area contributed by atoms with Crippen LogP contribution in [-0.2, 0) is 10.0 Å². The van der Waals surface area contributed by atoms with Crippen LogP contribution in [0.4, 0.5) is 0 Å². The van der Waals surface area contributed by atoms with Crippen LogP contribution in [-0.4, -0.2) is 61.1 Å². The molecule has 0 spiro atoms. The predicted molar refractivity (Wildman–Crippen MR) is 140 cm³/mol. The van der Waals surface area contributed by atoms with E-state index in [0.717, 1.165) is 36.1 Å². The molecule has 2 saturated heterocycles. The summed E-state index contributed by atoms with van der Waals surface area (Å²) in [7, 11) is -3.58. The van der Waals surface area contributed by atoms with Crippen molar-refractivity contribution in [1.82, 2.24) is 9.21 Å². The van der Waals surface area contributed by atoms with Gasteiger partial charge in [-0.1, -0.05) is 66.2 Å². The Bertz CT molecular complexity index is 1270. The highest BCUT2D eigenvalue weighted by Crippen LogP contribution is 2.43. The van der Waals surface area contributed by atoms with Gasteiger partial charge in [0.05, 0.1) is 11.5 Å². The fourth-order valence-electron chi connectivity index (χ4n) is 5.70. The largest absolute Gasteiger partial charge is 0.395 e. The van der Waals surface area contributed by atoms with Crippen LogP contribution in [0.1, 0.15) is 35.4 Å². The molecule has 2 aliphatic heterocycles. The van der Waals surface area contributed by atoms with E-state index in [1.54, 1.807) is 16.4 Å². The minimum absolute atomic E-state index is 0.0202. The van der Waals surface area contributed by atoms with Crippen molar-refractivity contribution in [2.45, 2.75) is 49.6 Å². The zero-order valence-electron chi connectivity index (χ0n) is 20.5. The van der Waals surface area contributed by atoms with Crippen LogP contribution >= 0.6 is 0 Å². The summed E-state index contributed by atoms with van der Waals surface area (Å²) in [5, 5.41) is 10.2. The number of aliphatic hydroxyl groups excluding tert-OH is 1.